The molecule has 1 aliphatic rings. The molecule has 1 aromatic rings. The van der Waals surface area contributed by atoms with Crippen molar-refractivity contribution in [3.8, 4) is 0 Å². The van der Waals surface area contributed by atoms with Crippen LogP contribution < -0.4 is 5.73 Å². The van der Waals surface area contributed by atoms with Crippen LogP contribution in [0.25, 0.3) is 0 Å². The van der Waals surface area contributed by atoms with E-state index in [1.165, 1.54) is 0 Å². The Balaban J connectivity index is 2.55. The molecule has 0 aromatic heterocycles. The zero-order valence-corrected chi connectivity index (χ0v) is 7.86. The van der Waals surface area contributed by atoms with Crippen molar-refractivity contribution in [2.75, 3.05) is 6.54 Å². The van der Waals surface area contributed by atoms with Crippen LogP contribution in [0.1, 0.15) is 17.5 Å². The van der Waals surface area contributed by atoms with Crippen molar-refractivity contribution in [2.45, 2.75) is 18.3 Å². The maximum Gasteiger partial charge on any atom is 0.315 e. The summed E-state index contributed by atoms with van der Waals surface area (Å²) in [7, 11) is 0. The molecule has 1 atom stereocenters. The first kappa shape index (κ1) is 9.21. The van der Waals surface area contributed by atoms with Gasteiger partial charge in [-0.2, -0.15) is 0 Å². The molecule has 0 unspecified atom stereocenters. The maximum atomic E-state index is 11.2. The quantitative estimate of drug-likeness (QED) is 0.730. The Morgan fingerprint density at radius 3 is 2.86 bits per heavy atom. The summed E-state index contributed by atoms with van der Waals surface area (Å²) in [6, 6.07) is 7.67. The van der Waals surface area contributed by atoms with Crippen molar-refractivity contribution in [1.82, 2.24) is 0 Å². The predicted octanol–water partition coefficient (Wildman–Crippen LogP) is 0.914. The monoisotopic (exact) mass is 191 g/mol. The van der Waals surface area contributed by atoms with E-state index in [2.05, 4.69) is 0 Å². The third kappa shape index (κ3) is 1.06. The highest BCUT2D eigenvalue weighted by Gasteiger charge is 2.44. The third-order valence-electron chi connectivity index (χ3n) is 3.11. The number of hydrogen-bond donors (Lipinski definition) is 2. The van der Waals surface area contributed by atoms with Crippen molar-refractivity contribution >= 4 is 5.97 Å². The van der Waals surface area contributed by atoms with E-state index in [9.17, 15) is 9.90 Å². The zero-order valence-electron chi connectivity index (χ0n) is 7.86. The van der Waals surface area contributed by atoms with E-state index in [0.717, 1.165) is 17.5 Å². The van der Waals surface area contributed by atoms with Gasteiger partial charge in [0.1, 0.15) is 5.41 Å². The number of benzene rings is 1. The molecular weight excluding hydrogens is 178 g/mol. The Bertz CT molecular complexity index is 375. The predicted molar refractivity (Wildman–Crippen MR) is 53.1 cm³/mol. The molecule has 0 saturated heterocycles. The van der Waals surface area contributed by atoms with Gasteiger partial charge in [-0.25, -0.2) is 0 Å². The van der Waals surface area contributed by atoms with E-state index in [1.807, 2.05) is 24.3 Å². The number of rotatable bonds is 2. The number of aryl methyl sites for hydroxylation is 1. The fraction of sp³-hybridized carbons (Fsp3) is 0.364. The Morgan fingerprint density at radius 2 is 2.21 bits per heavy atom. The number of carboxylic acid groups (broad SMARTS) is 1. The van der Waals surface area contributed by atoms with Crippen LogP contribution >= 0.6 is 0 Å². The van der Waals surface area contributed by atoms with Crippen LogP contribution in [0, 0.1) is 0 Å². The molecule has 1 aliphatic carbocycles. The normalized spacial score (nSPS) is 24.6. The highest BCUT2D eigenvalue weighted by molar-refractivity contribution is 5.83. The molecule has 0 saturated carbocycles. The van der Waals surface area contributed by atoms with Crippen LogP contribution in [0.5, 0.6) is 0 Å². The minimum atomic E-state index is -0.837. The number of carbonyl (C=O) groups is 1. The molecule has 0 fully saturated rings. The summed E-state index contributed by atoms with van der Waals surface area (Å²) in [4.78, 5) is 11.2. The van der Waals surface area contributed by atoms with Gasteiger partial charge in [0, 0.05) is 6.54 Å². The average Bonchev–Trinajstić information content (AvgIpc) is 2.57. The number of hydrogen-bond acceptors (Lipinski definition) is 2. The lowest BCUT2D eigenvalue weighted by atomic mass is 9.82. The molecule has 1 aromatic carbocycles. The van der Waals surface area contributed by atoms with Crippen LogP contribution in [0.4, 0.5) is 0 Å². The van der Waals surface area contributed by atoms with E-state index < -0.39 is 11.4 Å². The summed E-state index contributed by atoms with van der Waals surface area (Å²) in [6.45, 7) is 0.180. The lowest BCUT2D eigenvalue weighted by Gasteiger charge is -2.23. The minimum absolute atomic E-state index is 0.180. The lowest BCUT2D eigenvalue weighted by Crippen LogP contribution is -2.40. The second-order valence-corrected chi connectivity index (χ2v) is 3.75. The topological polar surface area (TPSA) is 63.3 Å². The summed E-state index contributed by atoms with van der Waals surface area (Å²) >= 11 is 0. The van der Waals surface area contributed by atoms with Crippen molar-refractivity contribution in [2.24, 2.45) is 5.73 Å². The third-order valence-corrected chi connectivity index (χ3v) is 3.11. The summed E-state index contributed by atoms with van der Waals surface area (Å²) in [5.41, 5.74) is 6.79. The fourth-order valence-electron chi connectivity index (χ4n) is 2.21. The SMILES string of the molecule is NC[C@@]1(C(=O)O)CCc2ccccc21. The van der Waals surface area contributed by atoms with Gasteiger partial charge in [0.15, 0.2) is 0 Å². The Hall–Kier alpha value is -1.35. The Kier molecular flexibility index (Phi) is 2.04. The summed E-state index contributed by atoms with van der Waals surface area (Å²) in [5.74, 6) is -0.801. The largest absolute Gasteiger partial charge is 0.481 e. The molecule has 74 valence electrons. The van der Waals surface area contributed by atoms with Gasteiger partial charge in [-0.3, -0.25) is 4.79 Å². The first-order valence-corrected chi connectivity index (χ1v) is 4.72. The average molecular weight is 191 g/mol. The van der Waals surface area contributed by atoms with Crippen LogP contribution in [0.3, 0.4) is 0 Å². The van der Waals surface area contributed by atoms with Gasteiger partial charge in [0.2, 0.25) is 0 Å². The van der Waals surface area contributed by atoms with E-state index in [-0.39, 0.29) is 6.54 Å². The van der Waals surface area contributed by atoms with Crippen LogP contribution in [0.2, 0.25) is 0 Å². The van der Waals surface area contributed by atoms with E-state index in [1.54, 1.807) is 0 Å². The van der Waals surface area contributed by atoms with Crippen molar-refractivity contribution < 1.29 is 9.90 Å². The molecule has 0 heterocycles. The zero-order chi connectivity index (χ0) is 10.2. The first-order valence-electron chi connectivity index (χ1n) is 4.72. The van der Waals surface area contributed by atoms with Gasteiger partial charge >= 0.3 is 5.97 Å². The van der Waals surface area contributed by atoms with Gasteiger partial charge in [-0.05, 0) is 24.0 Å². The minimum Gasteiger partial charge on any atom is -0.481 e. The van der Waals surface area contributed by atoms with Crippen LogP contribution in [0.15, 0.2) is 24.3 Å². The summed E-state index contributed by atoms with van der Waals surface area (Å²) in [6.07, 6.45) is 1.44. The van der Waals surface area contributed by atoms with Crippen LogP contribution in [-0.2, 0) is 16.6 Å². The first-order chi connectivity index (χ1) is 6.70. The molecule has 0 aliphatic heterocycles. The molecule has 0 radical (unpaired) electrons. The number of fused-ring (bicyclic) bond motifs is 1. The van der Waals surface area contributed by atoms with Gasteiger partial charge in [-0.15, -0.1) is 0 Å². The number of carboxylic acids is 1. The molecule has 0 amide bonds. The molecular formula is C11H13NO2. The highest BCUT2D eigenvalue weighted by atomic mass is 16.4. The lowest BCUT2D eigenvalue weighted by molar-refractivity contribution is -0.143. The number of nitrogens with two attached hydrogens (primary N) is 1. The van der Waals surface area contributed by atoms with Gasteiger partial charge < -0.3 is 10.8 Å². The van der Waals surface area contributed by atoms with Crippen molar-refractivity contribution in [3.05, 3.63) is 35.4 Å². The summed E-state index contributed by atoms with van der Waals surface area (Å²) < 4.78 is 0. The maximum absolute atomic E-state index is 11.2. The smallest absolute Gasteiger partial charge is 0.315 e. The van der Waals surface area contributed by atoms with E-state index in [0.29, 0.717) is 6.42 Å². The molecule has 14 heavy (non-hydrogen) atoms. The summed E-state index contributed by atoms with van der Waals surface area (Å²) in [5, 5.41) is 9.23. The molecule has 3 heteroatoms. The molecule has 0 spiro atoms. The Morgan fingerprint density at radius 1 is 1.50 bits per heavy atom. The fourth-order valence-corrected chi connectivity index (χ4v) is 2.21. The van der Waals surface area contributed by atoms with Crippen molar-refractivity contribution in [3.63, 3.8) is 0 Å². The van der Waals surface area contributed by atoms with E-state index in [4.69, 9.17) is 5.73 Å². The van der Waals surface area contributed by atoms with Gasteiger partial charge in [-0.1, -0.05) is 24.3 Å². The molecule has 0 bridgehead atoms. The van der Waals surface area contributed by atoms with E-state index >= 15 is 0 Å². The highest BCUT2D eigenvalue weighted by Crippen LogP contribution is 2.38. The van der Waals surface area contributed by atoms with Gasteiger partial charge in [0.25, 0.3) is 0 Å². The standard InChI is InChI=1S/C11H13NO2/c12-7-11(10(13)14)6-5-8-3-1-2-4-9(8)11/h1-4H,5-7,12H2,(H,13,14)/t11-/m0/s1. The van der Waals surface area contributed by atoms with Crippen LogP contribution in [-0.4, -0.2) is 17.6 Å². The second-order valence-electron chi connectivity index (χ2n) is 3.75. The van der Waals surface area contributed by atoms with Crippen molar-refractivity contribution in [1.29, 1.82) is 0 Å². The number of aliphatic carboxylic acids is 1. The second kappa shape index (κ2) is 3.10. The Labute approximate surface area is 82.5 Å². The molecule has 3 N–H and O–H groups in total. The molecule has 2 rings (SSSR count). The molecule has 3 nitrogen and oxygen atoms in total. The van der Waals surface area contributed by atoms with Gasteiger partial charge in [0.05, 0.1) is 0 Å².